The number of aromatic nitrogens is 2. The Labute approximate surface area is 114 Å². The average Bonchev–Trinajstić information content (AvgIpc) is 2.85. The van der Waals surface area contributed by atoms with E-state index in [-0.39, 0.29) is 12.1 Å². The number of hydrogen-bond acceptors (Lipinski definition) is 2. The number of aliphatic hydroxyl groups is 1. The van der Waals surface area contributed by atoms with Gasteiger partial charge in [-0.2, -0.15) is 5.10 Å². The van der Waals surface area contributed by atoms with Crippen molar-refractivity contribution in [3.63, 3.8) is 0 Å². The quantitative estimate of drug-likeness (QED) is 0.797. The third kappa shape index (κ3) is 2.16. The molecule has 20 heavy (non-hydrogen) atoms. The molecule has 0 amide bonds. The predicted molar refractivity (Wildman–Crippen MR) is 71.1 cm³/mol. The highest BCUT2D eigenvalue weighted by atomic mass is 19.2. The van der Waals surface area contributed by atoms with Gasteiger partial charge in [-0.3, -0.25) is 4.68 Å². The summed E-state index contributed by atoms with van der Waals surface area (Å²) in [6.45, 7) is 0.0634. The maximum Gasteiger partial charge on any atom is 0.164 e. The Hall–Kier alpha value is -2.27. The van der Waals surface area contributed by atoms with E-state index in [1.54, 1.807) is 10.9 Å². The van der Waals surface area contributed by atoms with Crippen LogP contribution in [-0.2, 0) is 6.54 Å². The monoisotopic (exact) mass is 274 g/mol. The fourth-order valence-corrected chi connectivity index (χ4v) is 2.21. The summed E-state index contributed by atoms with van der Waals surface area (Å²) in [7, 11) is 0. The van der Waals surface area contributed by atoms with Gasteiger partial charge in [0.05, 0.1) is 18.3 Å². The normalized spacial score (nSPS) is 12.8. The van der Waals surface area contributed by atoms with Crippen LogP contribution in [0.4, 0.5) is 8.78 Å². The zero-order valence-electron chi connectivity index (χ0n) is 10.5. The number of aliphatic hydroxyl groups excluding tert-OH is 1. The van der Waals surface area contributed by atoms with Gasteiger partial charge in [0.15, 0.2) is 11.6 Å². The van der Waals surface area contributed by atoms with E-state index in [2.05, 4.69) is 5.10 Å². The first kappa shape index (κ1) is 12.7. The van der Waals surface area contributed by atoms with Crippen molar-refractivity contribution < 1.29 is 13.9 Å². The van der Waals surface area contributed by atoms with Crippen LogP contribution in [0.25, 0.3) is 10.9 Å². The lowest BCUT2D eigenvalue weighted by Crippen LogP contribution is -2.12. The van der Waals surface area contributed by atoms with Gasteiger partial charge in [0.1, 0.15) is 6.10 Å². The molecule has 102 valence electrons. The lowest BCUT2D eigenvalue weighted by Gasteiger charge is -2.13. The van der Waals surface area contributed by atoms with E-state index < -0.39 is 17.7 Å². The number of halogens is 2. The molecular formula is C15H12F2N2O. The molecule has 0 fully saturated rings. The maximum absolute atomic E-state index is 13.6. The Kier molecular flexibility index (Phi) is 3.20. The first-order valence-corrected chi connectivity index (χ1v) is 6.19. The van der Waals surface area contributed by atoms with E-state index in [0.29, 0.717) is 0 Å². The van der Waals surface area contributed by atoms with Gasteiger partial charge in [-0.05, 0) is 12.1 Å². The molecule has 0 saturated carbocycles. The first-order valence-electron chi connectivity index (χ1n) is 6.19. The van der Waals surface area contributed by atoms with Gasteiger partial charge in [-0.25, -0.2) is 8.78 Å². The minimum atomic E-state index is -1.16. The molecule has 5 heteroatoms. The van der Waals surface area contributed by atoms with Gasteiger partial charge in [0.2, 0.25) is 0 Å². The highest BCUT2D eigenvalue weighted by Gasteiger charge is 2.17. The van der Waals surface area contributed by atoms with E-state index in [0.717, 1.165) is 17.0 Å². The molecule has 1 atom stereocenters. The van der Waals surface area contributed by atoms with Gasteiger partial charge in [-0.1, -0.05) is 30.3 Å². The van der Waals surface area contributed by atoms with Crippen LogP contribution >= 0.6 is 0 Å². The van der Waals surface area contributed by atoms with Gasteiger partial charge in [-0.15, -0.1) is 0 Å². The largest absolute Gasteiger partial charge is 0.386 e. The summed E-state index contributed by atoms with van der Waals surface area (Å²) >= 11 is 0. The van der Waals surface area contributed by atoms with E-state index in [9.17, 15) is 13.9 Å². The molecular weight excluding hydrogens is 262 g/mol. The summed E-state index contributed by atoms with van der Waals surface area (Å²) in [5.41, 5.74) is 0.771. The van der Waals surface area contributed by atoms with Crippen molar-refractivity contribution in [2.45, 2.75) is 12.6 Å². The summed E-state index contributed by atoms with van der Waals surface area (Å²) in [6.07, 6.45) is 0.512. The summed E-state index contributed by atoms with van der Waals surface area (Å²) < 4.78 is 28.4. The van der Waals surface area contributed by atoms with Gasteiger partial charge in [0.25, 0.3) is 0 Å². The van der Waals surface area contributed by atoms with Crippen LogP contribution in [0.5, 0.6) is 0 Å². The molecule has 0 aliphatic carbocycles. The molecule has 0 saturated heterocycles. The Morgan fingerprint density at radius 3 is 2.75 bits per heavy atom. The summed E-state index contributed by atoms with van der Waals surface area (Å²) in [6, 6.07) is 11.3. The van der Waals surface area contributed by atoms with Crippen LogP contribution in [0.3, 0.4) is 0 Å². The van der Waals surface area contributed by atoms with Crippen molar-refractivity contribution in [3.05, 3.63) is 65.9 Å². The second kappa shape index (κ2) is 5.02. The Balaban J connectivity index is 1.92. The lowest BCUT2D eigenvalue weighted by atomic mass is 10.1. The summed E-state index contributed by atoms with van der Waals surface area (Å²) in [4.78, 5) is 0. The Bertz CT molecular complexity index is 754. The average molecular weight is 274 g/mol. The molecule has 0 radical (unpaired) electrons. The zero-order chi connectivity index (χ0) is 14.1. The van der Waals surface area contributed by atoms with E-state index >= 15 is 0 Å². The lowest BCUT2D eigenvalue weighted by molar-refractivity contribution is 0.148. The van der Waals surface area contributed by atoms with Crippen LogP contribution in [0.1, 0.15) is 11.7 Å². The van der Waals surface area contributed by atoms with E-state index in [1.807, 2.05) is 24.3 Å². The molecule has 0 aliphatic heterocycles. The van der Waals surface area contributed by atoms with Crippen LogP contribution in [0.15, 0.2) is 48.7 Å². The second-order valence-electron chi connectivity index (χ2n) is 4.54. The SMILES string of the molecule is OC(Cn1ncc2ccccc21)c1cccc(F)c1F. The predicted octanol–water partition coefficient (Wildman–Crippen LogP) is 3.05. The number of fused-ring (bicyclic) bond motifs is 1. The number of benzene rings is 2. The number of hydrogen-bond donors (Lipinski definition) is 1. The molecule has 3 nitrogen and oxygen atoms in total. The van der Waals surface area contributed by atoms with Crippen LogP contribution in [-0.4, -0.2) is 14.9 Å². The molecule has 1 heterocycles. The van der Waals surface area contributed by atoms with Crippen LogP contribution in [0, 0.1) is 11.6 Å². The Morgan fingerprint density at radius 2 is 1.90 bits per heavy atom. The maximum atomic E-state index is 13.6. The molecule has 1 unspecified atom stereocenters. The highest BCUT2D eigenvalue weighted by Crippen LogP contribution is 2.22. The minimum absolute atomic E-state index is 0.0634. The third-order valence-electron chi connectivity index (χ3n) is 3.24. The third-order valence-corrected chi connectivity index (χ3v) is 3.24. The molecule has 3 rings (SSSR count). The fourth-order valence-electron chi connectivity index (χ4n) is 2.21. The number of rotatable bonds is 3. The molecule has 0 spiro atoms. The highest BCUT2D eigenvalue weighted by molar-refractivity contribution is 5.78. The second-order valence-corrected chi connectivity index (χ2v) is 4.54. The summed E-state index contributed by atoms with van der Waals surface area (Å²) in [5.74, 6) is -1.98. The molecule has 1 aromatic heterocycles. The van der Waals surface area contributed by atoms with Gasteiger partial charge in [0, 0.05) is 10.9 Å². The standard InChI is InChI=1S/C15H12F2N2O/c16-12-6-3-5-11(15(12)17)14(20)9-19-13-7-2-1-4-10(13)8-18-19/h1-8,14,20H,9H2. The molecule has 1 N–H and O–H groups in total. The molecule has 0 aliphatic rings. The van der Waals surface area contributed by atoms with Gasteiger partial charge < -0.3 is 5.11 Å². The molecule has 2 aromatic carbocycles. The van der Waals surface area contributed by atoms with Crippen molar-refractivity contribution in [2.75, 3.05) is 0 Å². The Morgan fingerprint density at radius 1 is 1.10 bits per heavy atom. The topological polar surface area (TPSA) is 38.0 Å². The first-order chi connectivity index (χ1) is 9.66. The van der Waals surface area contributed by atoms with E-state index in [1.165, 1.54) is 12.1 Å². The minimum Gasteiger partial charge on any atom is -0.386 e. The van der Waals surface area contributed by atoms with Crippen molar-refractivity contribution in [1.82, 2.24) is 9.78 Å². The van der Waals surface area contributed by atoms with Crippen molar-refractivity contribution >= 4 is 10.9 Å². The molecule has 3 aromatic rings. The van der Waals surface area contributed by atoms with Crippen molar-refractivity contribution in [2.24, 2.45) is 0 Å². The van der Waals surface area contributed by atoms with Gasteiger partial charge >= 0.3 is 0 Å². The zero-order valence-corrected chi connectivity index (χ0v) is 10.5. The van der Waals surface area contributed by atoms with Crippen molar-refractivity contribution in [3.8, 4) is 0 Å². The summed E-state index contributed by atoms with van der Waals surface area (Å²) in [5, 5.41) is 15.2. The van der Waals surface area contributed by atoms with E-state index in [4.69, 9.17) is 0 Å². The molecule has 0 bridgehead atoms. The smallest absolute Gasteiger partial charge is 0.164 e. The van der Waals surface area contributed by atoms with Crippen molar-refractivity contribution in [1.29, 1.82) is 0 Å². The van der Waals surface area contributed by atoms with Crippen LogP contribution < -0.4 is 0 Å². The fraction of sp³-hybridized carbons (Fsp3) is 0.133. The number of nitrogens with zero attached hydrogens (tertiary/aromatic N) is 2. The van der Waals surface area contributed by atoms with Crippen LogP contribution in [0.2, 0.25) is 0 Å². The number of para-hydroxylation sites is 1.